The molecule has 2 heterocycles. The zero-order chi connectivity index (χ0) is 20.6. The molecule has 1 aromatic carbocycles. The van der Waals surface area contributed by atoms with E-state index >= 15 is 0 Å². The van der Waals surface area contributed by atoms with Gasteiger partial charge in [0.15, 0.2) is 5.69 Å². The van der Waals surface area contributed by atoms with Crippen molar-refractivity contribution in [1.82, 2.24) is 15.3 Å². The van der Waals surface area contributed by atoms with Crippen LogP contribution in [0.15, 0.2) is 30.3 Å². The second-order valence-corrected chi connectivity index (χ2v) is 7.50. The first-order valence-electron chi connectivity index (χ1n) is 9.31. The van der Waals surface area contributed by atoms with Gasteiger partial charge in [-0.3, -0.25) is 0 Å². The predicted molar refractivity (Wildman–Crippen MR) is 96.3 cm³/mol. The maximum absolute atomic E-state index is 13.3. The smallest absolute Gasteiger partial charge is 0.433 e. The van der Waals surface area contributed by atoms with E-state index in [-0.39, 0.29) is 24.1 Å². The Morgan fingerprint density at radius 3 is 2.72 bits per heavy atom. The molecule has 2 aliphatic rings. The molecule has 29 heavy (non-hydrogen) atoms. The normalized spacial score (nSPS) is 22.2. The van der Waals surface area contributed by atoms with Gasteiger partial charge in [0.1, 0.15) is 11.6 Å². The number of nitrogens with one attached hydrogen (secondary N) is 1. The molecule has 6 nitrogen and oxygen atoms in total. The summed E-state index contributed by atoms with van der Waals surface area (Å²) in [5.41, 5.74) is -2.23. The molecular formula is C19H20F4N4O2. The summed E-state index contributed by atoms with van der Waals surface area (Å²) >= 11 is 0. The number of aromatic nitrogens is 2. The molecule has 1 aliphatic heterocycles. The zero-order valence-corrected chi connectivity index (χ0v) is 15.4. The average molecular weight is 412 g/mol. The Bertz CT molecular complexity index is 891. The third-order valence-electron chi connectivity index (χ3n) is 4.91. The fourth-order valence-electron chi connectivity index (χ4n) is 3.20. The molecule has 2 aromatic rings. The number of aliphatic hydroxyl groups is 1. The summed E-state index contributed by atoms with van der Waals surface area (Å²) in [4.78, 5) is 9.19. The van der Waals surface area contributed by atoms with Gasteiger partial charge in [-0.2, -0.15) is 18.2 Å². The molecule has 156 valence electrons. The Balaban J connectivity index is 1.57. The Kier molecular flexibility index (Phi) is 5.07. The fourth-order valence-corrected chi connectivity index (χ4v) is 3.20. The van der Waals surface area contributed by atoms with E-state index in [4.69, 9.17) is 4.74 Å². The van der Waals surface area contributed by atoms with Crippen LogP contribution >= 0.6 is 0 Å². The van der Waals surface area contributed by atoms with Gasteiger partial charge >= 0.3 is 6.18 Å². The van der Waals surface area contributed by atoms with Gasteiger partial charge in [-0.1, -0.05) is 6.07 Å². The van der Waals surface area contributed by atoms with Crippen molar-refractivity contribution < 1.29 is 27.4 Å². The average Bonchev–Trinajstić information content (AvgIpc) is 3.40. The van der Waals surface area contributed by atoms with E-state index in [9.17, 15) is 22.7 Å². The van der Waals surface area contributed by atoms with E-state index in [0.29, 0.717) is 31.6 Å². The van der Waals surface area contributed by atoms with Crippen LogP contribution in [-0.2, 0) is 6.18 Å². The minimum Gasteiger partial charge on any atom is -0.439 e. The number of halogens is 4. The van der Waals surface area contributed by atoms with Crippen molar-refractivity contribution in [2.75, 3.05) is 24.5 Å². The molecule has 0 bridgehead atoms. The van der Waals surface area contributed by atoms with Crippen LogP contribution < -0.4 is 15.0 Å². The molecule has 0 spiro atoms. The standard InChI is InChI=1S/C19H20F4N4O2/c20-12-2-1-3-14(8-12)29-16-9-15(19(21,22)23)25-17(26-16)27-7-6-18(28,11-27)10-24-13-4-5-13/h1-3,8-9,13,24,28H,4-7,10-11H2/t18-/m1/s1. The minimum atomic E-state index is -4.71. The molecule has 1 atom stereocenters. The van der Waals surface area contributed by atoms with E-state index in [2.05, 4.69) is 15.3 Å². The number of β-amino-alcohol motifs (C(OH)–C–C–N with tert-alkyl or cyclic N) is 1. The molecule has 1 aliphatic carbocycles. The lowest BCUT2D eigenvalue weighted by molar-refractivity contribution is -0.141. The molecule has 10 heteroatoms. The lowest BCUT2D eigenvalue weighted by Gasteiger charge is -2.24. The minimum absolute atomic E-state index is 0.0225. The summed E-state index contributed by atoms with van der Waals surface area (Å²) in [6.45, 7) is 0.775. The first-order chi connectivity index (χ1) is 13.7. The highest BCUT2D eigenvalue weighted by atomic mass is 19.4. The van der Waals surface area contributed by atoms with Crippen LogP contribution in [0.1, 0.15) is 25.0 Å². The van der Waals surface area contributed by atoms with Crippen LogP contribution in [0.2, 0.25) is 0 Å². The number of rotatable bonds is 6. The number of hydrogen-bond acceptors (Lipinski definition) is 6. The van der Waals surface area contributed by atoms with Crippen LogP contribution in [0, 0.1) is 5.82 Å². The van der Waals surface area contributed by atoms with E-state index < -0.39 is 23.3 Å². The summed E-state index contributed by atoms with van der Waals surface area (Å²) in [7, 11) is 0. The first kappa shape index (κ1) is 19.8. The number of ether oxygens (including phenoxy) is 1. The van der Waals surface area contributed by atoms with Gasteiger partial charge < -0.3 is 20.1 Å². The lowest BCUT2D eigenvalue weighted by Crippen LogP contribution is -2.44. The highest BCUT2D eigenvalue weighted by molar-refractivity contribution is 5.39. The summed E-state index contributed by atoms with van der Waals surface area (Å²) in [6, 6.07) is 6.11. The van der Waals surface area contributed by atoms with Gasteiger partial charge in [-0.15, -0.1) is 0 Å². The topological polar surface area (TPSA) is 70.5 Å². The first-order valence-corrected chi connectivity index (χ1v) is 9.31. The van der Waals surface area contributed by atoms with Crippen LogP contribution in [0.5, 0.6) is 11.6 Å². The third kappa shape index (κ3) is 4.94. The summed E-state index contributed by atoms with van der Waals surface area (Å²) in [5, 5.41) is 13.9. The molecule has 1 saturated carbocycles. The second kappa shape index (κ2) is 7.42. The van der Waals surface area contributed by atoms with Crippen LogP contribution in [-0.4, -0.2) is 46.4 Å². The fraction of sp³-hybridized carbons (Fsp3) is 0.474. The Morgan fingerprint density at radius 1 is 1.24 bits per heavy atom. The molecule has 0 radical (unpaired) electrons. The molecule has 4 rings (SSSR count). The summed E-state index contributed by atoms with van der Waals surface area (Å²) in [6.07, 6.45) is -2.19. The number of anilines is 1. The Labute approximate surface area is 164 Å². The van der Waals surface area contributed by atoms with Crippen molar-refractivity contribution in [2.24, 2.45) is 0 Å². The number of hydrogen-bond donors (Lipinski definition) is 2. The van der Waals surface area contributed by atoms with Gasteiger partial charge in [0.05, 0.1) is 12.1 Å². The maximum atomic E-state index is 13.3. The maximum Gasteiger partial charge on any atom is 0.433 e. The molecule has 0 unspecified atom stereocenters. The summed E-state index contributed by atoms with van der Waals surface area (Å²) in [5.74, 6) is -1.09. The monoisotopic (exact) mass is 412 g/mol. The lowest BCUT2D eigenvalue weighted by atomic mass is 10.0. The van der Waals surface area contributed by atoms with Crippen molar-refractivity contribution in [3.8, 4) is 11.6 Å². The highest BCUT2D eigenvalue weighted by Crippen LogP contribution is 2.34. The van der Waals surface area contributed by atoms with E-state index in [1.165, 1.54) is 23.1 Å². The van der Waals surface area contributed by atoms with Gasteiger partial charge in [0.25, 0.3) is 0 Å². The van der Waals surface area contributed by atoms with E-state index in [1.54, 1.807) is 0 Å². The summed E-state index contributed by atoms with van der Waals surface area (Å²) < 4.78 is 58.7. The van der Waals surface area contributed by atoms with Crippen LogP contribution in [0.3, 0.4) is 0 Å². The Morgan fingerprint density at radius 2 is 2.03 bits per heavy atom. The third-order valence-corrected chi connectivity index (χ3v) is 4.91. The predicted octanol–water partition coefficient (Wildman–Crippen LogP) is 3.12. The largest absolute Gasteiger partial charge is 0.439 e. The molecule has 1 saturated heterocycles. The van der Waals surface area contributed by atoms with E-state index in [0.717, 1.165) is 18.9 Å². The Hall–Kier alpha value is -2.46. The quantitative estimate of drug-likeness (QED) is 0.711. The van der Waals surface area contributed by atoms with Crippen molar-refractivity contribution in [1.29, 1.82) is 0 Å². The van der Waals surface area contributed by atoms with Crippen molar-refractivity contribution in [3.63, 3.8) is 0 Å². The van der Waals surface area contributed by atoms with Crippen LogP contribution in [0.4, 0.5) is 23.5 Å². The molecule has 1 aromatic heterocycles. The zero-order valence-electron chi connectivity index (χ0n) is 15.4. The SMILES string of the molecule is O[C@@]1(CNC2CC2)CCN(c2nc(Oc3cccc(F)c3)cc(C(F)(F)F)n2)C1. The van der Waals surface area contributed by atoms with E-state index in [1.807, 2.05) is 0 Å². The van der Waals surface area contributed by atoms with Gasteiger partial charge in [-0.25, -0.2) is 9.37 Å². The van der Waals surface area contributed by atoms with Crippen molar-refractivity contribution >= 4 is 5.95 Å². The number of benzene rings is 1. The molecule has 2 N–H and O–H groups in total. The van der Waals surface area contributed by atoms with Crippen LogP contribution in [0.25, 0.3) is 0 Å². The van der Waals surface area contributed by atoms with Gasteiger partial charge in [-0.05, 0) is 31.4 Å². The van der Waals surface area contributed by atoms with Gasteiger partial charge in [0, 0.05) is 31.3 Å². The number of nitrogens with zero attached hydrogens (tertiary/aromatic N) is 3. The molecule has 2 fully saturated rings. The molecular weight excluding hydrogens is 392 g/mol. The van der Waals surface area contributed by atoms with Crippen molar-refractivity contribution in [3.05, 3.63) is 41.8 Å². The number of alkyl halides is 3. The van der Waals surface area contributed by atoms with Crippen molar-refractivity contribution in [2.45, 2.75) is 37.1 Å². The highest BCUT2D eigenvalue weighted by Gasteiger charge is 2.40. The molecule has 0 amide bonds. The van der Waals surface area contributed by atoms with Gasteiger partial charge in [0.2, 0.25) is 11.8 Å². The second-order valence-electron chi connectivity index (χ2n) is 7.50.